The van der Waals surface area contributed by atoms with Crippen LogP contribution in [0.4, 0.5) is 0 Å². The number of carbonyl (C=O) groups excluding carboxylic acids is 1. The number of hydrogen-bond donors (Lipinski definition) is 2. The third kappa shape index (κ3) is 2.86. The van der Waals surface area contributed by atoms with Gasteiger partial charge in [-0.3, -0.25) is 4.79 Å². The minimum atomic E-state index is 0.0647. The predicted octanol–water partition coefficient (Wildman–Crippen LogP) is 1.31. The van der Waals surface area contributed by atoms with E-state index in [1.807, 2.05) is 0 Å². The number of rotatable bonds is 4. The van der Waals surface area contributed by atoms with Gasteiger partial charge in [-0.25, -0.2) is 0 Å². The second-order valence-electron chi connectivity index (χ2n) is 6.32. The molecule has 1 saturated heterocycles. The molecule has 0 aromatic heterocycles. The molecule has 104 valence electrons. The summed E-state index contributed by atoms with van der Waals surface area (Å²) in [5.74, 6) is 0.719. The van der Waals surface area contributed by atoms with E-state index in [9.17, 15) is 4.79 Å². The van der Waals surface area contributed by atoms with Crippen molar-refractivity contribution in [3.63, 3.8) is 0 Å². The molecule has 2 rings (SSSR count). The SMILES string of the molecule is COC1CC(NC(=O)CC2CCCNC2)C1(C)C. The van der Waals surface area contributed by atoms with Gasteiger partial charge in [0, 0.05) is 25.0 Å². The average molecular weight is 254 g/mol. The summed E-state index contributed by atoms with van der Waals surface area (Å²) >= 11 is 0. The van der Waals surface area contributed by atoms with Crippen LogP contribution in [0.2, 0.25) is 0 Å². The average Bonchev–Trinajstić information content (AvgIpc) is 2.35. The highest BCUT2D eigenvalue weighted by Crippen LogP contribution is 2.42. The maximum Gasteiger partial charge on any atom is 0.220 e. The predicted molar refractivity (Wildman–Crippen MR) is 71.3 cm³/mol. The quantitative estimate of drug-likeness (QED) is 0.795. The summed E-state index contributed by atoms with van der Waals surface area (Å²) < 4.78 is 5.40. The second-order valence-corrected chi connectivity index (χ2v) is 6.32. The first-order valence-corrected chi connectivity index (χ1v) is 7.07. The van der Waals surface area contributed by atoms with E-state index in [2.05, 4.69) is 24.5 Å². The smallest absolute Gasteiger partial charge is 0.220 e. The molecular formula is C14H26N2O2. The minimum absolute atomic E-state index is 0.0647. The molecule has 4 nitrogen and oxygen atoms in total. The number of carbonyl (C=O) groups is 1. The molecule has 2 N–H and O–H groups in total. The molecule has 1 saturated carbocycles. The van der Waals surface area contributed by atoms with Crippen molar-refractivity contribution in [3.05, 3.63) is 0 Å². The van der Waals surface area contributed by atoms with Gasteiger partial charge >= 0.3 is 0 Å². The van der Waals surface area contributed by atoms with Crippen LogP contribution in [-0.2, 0) is 9.53 Å². The van der Waals surface area contributed by atoms with Crippen LogP contribution in [-0.4, -0.2) is 38.3 Å². The first kappa shape index (κ1) is 13.8. The molecule has 1 aliphatic carbocycles. The number of hydrogen-bond acceptors (Lipinski definition) is 3. The van der Waals surface area contributed by atoms with Crippen LogP contribution in [0.1, 0.15) is 39.5 Å². The molecule has 1 aliphatic heterocycles. The topological polar surface area (TPSA) is 50.4 Å². The molecule has 18 heavy (non-hydrogen) atoms. The summed E-state index contributed by atoms with van der Waals surface area (Å²) in [5.41, 5.74) is 0.0647. The lowest BCUT2D eigenvalue weighted by atomic mass is 9.64. The third-order valence-electron chi connectivity index (χ3n) is 4.67. The van der Waals surface area contributed by atoms with Crippen LogP contribution < -0.4 is 10.6 Å². The second kappa shape index (κ2) is 5.57. The zero-order valence-corrected chi connectivity index (χ0v) is 11.8. The van der Waals surface area contributed by atoms with Crippen molar-refractivity contribution in [1.29, 1.82) is 0 Å². The van der Waals surface area contributed by atoms with Crippen LogP contribution in [0.15, 0.2) is 0 Å². The van der Waals surface area contributed by atoms with E-state index >= 15 is 0 Å². The lowest BCUT2D eigenvalue weighted by molar-refractivity contribution is -0.133. The van der Waals surface area contributed by atoms with E-state index in [4.69, 9.17) is 4.74 Å². The molecule has 4 heteroatoms. The van der Waals surface area contributed by atoms with Crippen molar-refractivity contribution in [2.45, 2.75) is 51.7 Å². The molecule has 0 aromatic rings. The van der Waals surface area contributed by atoms with Gasteiger partial charge in [-0.15, -0.1) is 0 Å². The fraction of sp³-hybridized carbons (Fsp3) is 0.929. The minimum Gasteiger partial charge on any atom is -0.381 e. The highest BCUT2D eigenvalue weighted by molar-refractivity contribution is 5.76. The van der Waals surface area contributed by atoms with Crippen LogP contribution in [0.5, 0.6) is 0 Å². The maximum atomic E-state index is 12.0. The van der Waals surface area contributed by atoms with Crippen molar-refractivity contribution in [2.75, 3.05) is 20.2 Å². The lowest BCUT2D eigenvalue weighted by Gasteiger charge is -2.51. The summed E-state index contributed by atoms with van der Waals surface area (Å²) in [4.78, 5) is 12.0. The van der Waals surface area contributed by atoms with Crippen molar-refractivity contribution in [3.8, 4) is 0 Å². The lowest BCUT2D eigenvalue weighted by Crippen LogP contribution is -2.62. The molecule has 0 spiro atoms. The monoisotopic (exact) mass is 254 g/mol. The van der Waals surface area contributed by atoms with Crippen LogP contribution in [0, 0.1) is 11.3 Å². The number of piperidine rings is 1. The Morgan fingerprint density at radius 1 is 1.50 bits per heavy atom. The fourth-order valence-corrected chi connectivity index (χ4v) is 3.14. The molecule has 2 fully saturated rings. The van der Waals surface area contributed by atoms with E-state index in [0.717, 1.165) is 19.5 Å². The Balaban J connectivity index is 1.75. The van der Waals surface area contributed by atoms with Gasteiger partial charge < -0.3 is 15.4 Å². The van der Waals surface area contributed by atoms with Gasteiger partial charge in [0.1, 0.15) is 0 Å². The van der Waals surface area contributed by atoms with Crippen molar-refractivity contribution >= 4 is 5.91 Å². The number of nitrogens with one attached hydrogen (secondary N) is 2. The Bertz CT molecular complexity index is 298. The number of methoxy groups -OCH3 is 1. The molecule has 0 bridgehead atoms. The Morgan fingerprint density at radius 2 is 2.28 bits per heavy atom. The maximum absolute atomic E-state index is 12.0. The van der Waals surface area contributed by atoms with E-state index in [0.29, 0.717) is 12.3 Å². The summed E-state index contributed by atoms with van der Waals surface area (Å²) in [6.45, 7) is 6.42. The Hall–Kier alpha value is -0.610. The largest absolute Gasteiger partial charge is 0.381 e. The van der Waals surface area contributed by atoms with Gasteiger partial charge in [0.25, 0.3) is 0 Å². The summed E-state index contributed by atoms with van der Waals surface area (Å²) in [7, 11) is 1.75. The molecule has 0 radical (unpaired) electrons. The fourth-order valence-electron chi connectivity index (χ4n) is 3.14. The number of amides is 1. The molecule has 0 aromatic carbocycles. The zero-order valence-electron chi connectivity index (χ0n) is 11.8. The molecular weight excluding hydrogens is 228 g/mol. The molecule has 2 aliphatic rings. The highest BCUT2D eigenvalue weighted by Gasteiger charge is 2.49. The van der Waals surface area contributed by atoms with Crippen molar-refractivity contribution in [1.82, 2.24) is 10.6 Å². The van der Waals surface area contributed by atoms with Gasteiger partial charge in [-0.05, 0) is 38.3 Å². The van der Waals surface area contributed by atoms with Gasteiger partial charge in [-0.2, -0.15) is 0 Å². The molecule has 3 atom stereocenters. The first-order chi connectivity index (χ1) is 8.54. The van der Waals surface area contributed by atoms with Crippen LogP contribution in [0.25, 0.3) is 0 Å². The van der Waals surface area contributed by atoms with Crippen molar-refractivity contribution < 1.29 is 9.53 Å². The highest BCUT2D eigenvalue weighted by atomic mass is 16.5. The van der Waals surface area contributed by atoms with E-state index in [1.54, 1.807) is 7.11 Å². The van der Waals surface area contributed by atoms with Gasteiger partial charge in [0.15, 0.2) is 0 Å². The van der Waals surface area contributed by atoms with Crippen LogP contribution in [0.3, 0.4) is 0 Å². The molecule has 1 heterocycles. The number of ether oxygens (including phenoxy) is 1. The van der Waals surface area contributed by atoms with E-state index in [-0.39, 0.29) is 23.5 Å². The molecule has 3 unspecified atom stereocenters. The third-order valence-corrected chi connectivity index (χ3v) is 4.67. The Kier molecular flexibility index (Phi) is 4.28. The van der Waals surface area contributed by atoms with E-state index < -0.39 is 0 Å². The molecule has 1 amide bonds. The summed E-state index contributed by atoms with van der Waals surface area (Å²) in [6, 6.07) is 0.270. The standard InChI is InChI=1S/C14H26N2O2/c1-14(2)11(8-12(14)18-3)16-13(17)7-10-5-4-6-15-9-10/h10-12,15H,4-9H2,1-3H3,(H,16,17). The zero-order chi connectivity index (χ0) is 13.2. The van der Waals surface area contributed by atoms with Crippen LogP contribution >= 0.6 is 0 Å². The summed E-state index contributed by atoms with van der Waals surface area (Å²) in [6.07, 6.45) is 4.25. The van der Waals surface area contributed by atoms with Crippen molar-refractivity contribution in [2.24, 2.45) is 11.3 Å². The Labute approximate surface area is 110 Å². The Morgan fingerprint density at radius 3 is 2.83 bits per heavy atom. The van der Waals surface area contributed by atoms with Gasteiger partial charge in [0.2, 0.25) is 5.91 Å². The first-order valence-electron chi connectivity index (χ1n) is 7.07. The van der Waals surface area contributed by atoms with E-state index in [1.165, 1.54) is 12.8 Å². The van der Waals surface area contributed by atoms with Gasteiger partial charge in [-0.1, -0.05) is 13.8 Å². The normalized spacial score (nSPS) is 34.7. The van der Waals surface area contributed by atoms with Gasteiger partial charge in [0.05, 0.1) is 6.10 Å². The summed E-state index contributed by atoms with van der Waals surface area (Å²) in [5, 5.41) is 6.53.